The lowest BCUT2D eigenvalue weighted by Crippen LogP contribution is -2.31. The predicted octanol–water partition coefficient (Wildman–Crippen LogP) is 3.69. The van der Waals surface area contributed by atoms with E-state index >= 15 is 0 Å². The zero-order chi connectivity index (χ0) is 17.2. The van der Waals surface area contributed by atoms with Gasteiger partial charge in [-0.3, -0.25) is 4.79 Å². The van der Waals surface area contributed by atoms with Gasteiger partial charge in [0.1, 0.15) is 6.10 Å². The number of rotatable bonds is 3. The summed E-state index contributed by atoms with van der Waals surface area (Å²) < 4.78 is 6.60. The third-order valence-corrected chi connectivity index (χ3v) is 4.73. The van der Waals surface area contributed by atoms with E-state index < -0.39 is 0 Å². The summed E-state index contributed by atoms with van der Waals surface area (Å²) in [6, 6.07) is 14.1. The molecular formula is C19H16BrN3O2. The number of hydrogen-bond donors (Lipinski definition) is 0. The molecular weight excluding hydrogens is 382 g/mol. The summed E-state index contributed by atoms with van der Waals surface area (Å²) >= 11 is 3.30. The molecule has 0 N–H and O–H groups in total. The van der Waals surface area contributed by atoms with Gasteiger partial charge >= 0.3 is 6.01 Å². The van der Waals surface area contributed by atoms with E-state index in [1.54, 1.807) is 12.4 Å². The Balaban J connectivity index is 1.49. The lowest BCUT2D eigenvalue weighted by Gasteiger charge is -2.18. The Labute approximate surface area is 153 Å². The quantitative estimate of drug-likeness (QED) is 0.676. The van der Waals surface area contributed by atoms with Gasteiger partial charge in [0.2, 0.25) is 0 Å². The molecule has 0 aliphatic carbocycles. The highest BCUT2D eigenvalue weighted by Gasteiger charge is 2.29. The Morgan fingerprint density at radius 2 is 1.88 bits per heavy atom. The van der Waals surface area contributed by atoms with E-state index in [9.17, 15) is 4.79 Å². The Bertz CT molecular complexity index is 909. The maximum absolute atomic E-state index is 12.9. The fourth-order valence-corrected chi connectivity index (χ4v) is 3.31. The molecule has 126 valence electrons. The number of halogens is 1. The summed E-state index contributed by atoms with van der Waals surface area (Å²) in [5.74, 6) is 0.0413. The first-order valence-electron chi connectivity index (χ1n) is 8.12. The van der Waals surface area contributed by atoms with E-state index in [1.165, 1.54) is 0 Å². The van der Waals surface area contributed by atoms with E-state index in [2.05, 4.69) is 25.9 Å². The van der Waals surface area contributed by atoms with Crippen molar-refractivity contribution in [1.82, 2.24) is 14.9 Å². The maximum atomic E-state index is 12.9. The zero-order valence-corrected chi connectivity index (χ0v) is 15.0. The van der Waals surface area contributed by atoms with Crippen LogP contribution in [0.3, 0.4) is 0 Å². The topological polar surface area (TPSA) is 55.3 Å². The Hall–Kier alpha value is -2.47. The molecule has 0 unspecified atom stereocenters. The molecule has 25 heavy (non-hydrogen) atoms. The molecule has 5 nitrogen and oxygen atoms in total. The van der Waals surface area contributed by atoms with Crippen molar-refractivity contribution < 1.29 is 9.53 Å². The van der Waals surface area contributed by atoms with Crippen molar-refractivity contribution in [2.45, 2.75) is 12.5 Å². The Morgan fingerprint density at radius 3 is 2.72 bits per heavy atom. The van der Waals surface area contributed by atoms with Gasteiger partial charge in [-0.15, -0.1) is 0 Å². The van der Waals surface area contributed by atoms with Crippen molar-refractivity contribution in [2.75, 3.05) is 13.1 Å². The fourth-order valence-electron chi connectivity index (χ4n) is 3.10. The monoisotopic (exact) mass is 397 g/mol. The first-order valence-corrected chi connectivity index (χ1v) is 8.91. The van der Waals surface area contributed by atoms with Gasteiger partial charge in [0.05, 0.1) is 11.0 Å². The van der Waals surface area contributed by atoms with Gasteiger partial charge in [0.25, 0.3) is 5.91 Å². The summed E-state index contributed by atoms with van der Waals surface area (Å²) in [6.45, 7) is 1.21. The standard InChI is InChI=1S/C19H16BrN3O2/c20-14-10-21-19(22-11-14)25-15-8-9-23(12-15)18(24)17-7-3-5-13-4-1-2-6-16(13)17/h1-7,10-11,15H,8-9,12H2/t15-/m1/s1. The van der Waals surface area contributed by atoms with Gasteiger partial charge in [0, 0.05) is 30.9 Å². The second-order valence-electron chi connectivity index (χ2n) is 5.99. The highest BCUT2D eigenvalue weighted by atomic mass is 79.9. The molecule has 0 bridgehead atoms. The van der Waals surface area contributed by atoms with Crippen LogP contribution < -0.4 is 4.74 Å². The van der Waals surface area contributed by atoms with E-state index in [-0.39, 0.29) is 12.0 Å². The number of likely N-dealkylation sites (tertiary alicyclic amines) is 1. The number of hydrogen-bond acceptors (Lipinski definition) is 4. The first kappa shape index (κ1) is 16.0. The molecule has 0 radical (unpaired) electrons. The van der Waals surface area contributed by atoms with Crippen molar-refractivity contribution in [2.24, 2.45) is 0 Å². The maximum Gasteiger partial charge on any atom is 0.316 e. The highest BCUT2D eigenvalue weighted by Crippen LogP contribution is 2.23. The Kier molecular flexibility index (Phi) is 4.36. The minimum absolute atomic E-state index is 0.0413. The number of carbonyl (C=O) groups is 1. The van der Waals surface area contributed by atoms with Crippen molar-refractivity contribution in [3.05, 3.63) is 64.9 Å². The summed E-state index contributed by atoms with van der Waals surface area (Å²) in [4.78, 5) is 23.0. The summed E-state index contributed by atoms with van der Waals surface area (Å²) in [5, 5.41) is 2.05. The normalized spacial score (nSPS) is 17.0. The molecule has 2 aromatic carbocycles. The average molecular weight is 398 g/mol. The summed E-state index contributed by atoms with van der Waals surface area (Å²) in [7, 11) is 0. The SMILES string of the molecule is O=C(c1cccc2ccccc12)N1CC[C@@H](Oc2ncc(Br)cn2)C1. The average Bonchev–Trinajstić information content (AvgIpc) is 3.11. The second-order valence-corrected chi connectivity index (χ2v) is 6.91. The molecule has 1 aliphatic heterocycles. The zero-order valence-electron chi connectivity index (χ0n) is 13.4. The smallest absolute Gasteiger partial charge is 0.316 e. The number of nitrogens with zero attached hydrogens (tertiary/aromatic N) is 3. The minimum atomic E-state index is -0.0832. The van der Waals surface area contributed by atoms with Crippen LogP contribution in [0, 0.1) is 0 Å². The van der Waals surface area contributed by atoms with Crippen LogP contribution in [0.1, 0.15) is 16.8 Å². The van der Waals surface area contributed by atoms with Gasteiger partial charge in [-0.1, -0.05) is 36.4 Å². The molecule has 1 fully saturated rings. The van der Waals surface area contributed by atoms with Crippen LogP contribution in [0.15, 0.2) is 59.3 Å². The van der Waals surface area contributed by atoms with Crippen molar-refractivity contribution in [3.8, 4) is 6.01 Å². The van der Waals surface area contributed by atoms with Gasteiger partial charge in [-0.2, -0.15) is 0 Å². The number of aromatic nitrogens is 2. The number of carbonyl (C=O) groups excluding carboxylic acids is 1. The van der Waals surface area contributed by atoms with Gasteiger partial charge < -0.3 is 9.64 Å². The third kappa shape index (κ3) is 3.35. The molecule has 1 aromatic heterocycles. The van der Waals surface area contributed by atoms with Gasteiger partial charge in [-0.05, 0) is 32.8 Å². The van der Waals surface area contributed by atoms with Crippen LogP contribution >= 0.6 is 15.9 Å². The number of benzene rings is 2. The van der Waals surface area contributed by atoms with E-state index in [4.69, 9.17) is 4.74 Å². The van der Waals surface area contributed by atoms with Crippen molar-refractivity contribution >= 4 is 32.6 Å². The highest BCUT2D eigenvalue weighted by molar-refractivity contribution is 9.10. The molecule has 1 saturated heterocycles. The molecule has 0 spiro atoms. The number of ether oxygens (including phenoxy) is 1. The molecule has 1 aliphatic rings. The predicted molar refractivity (Wildman–Crippen MR) is 98.6 cm³/mol. The molecule has 3 aromatic rings. The van der Waals surface area contributed by atoms with Crippen molar-refractivity contribution in [3.63, 3.8) is 0 Å². The third-order valence-electron chi connectivity index (χ3n) is 4.32. The van der Waals surface area contributed by atoms with E-state index in [1.807, 2.05) is 47.4 Å². The van der Waals surface area contributed by atoms with Crippen LogP contribution in [0.5, 0.6) is 6.01 Å². The van der Waals surface area contributed by atoms with Crippen LogP contribution in [0.2, 0.25) is 0 Å². The molecule has 2 heterocycles. The molecule has 0 saturated carbocycles. The van der Waals surface area contributed by atoms with Crippen molar-refractivity contribution in [1.29, 1.82) is 0 Å². The van der Waals surface area contributed by atoms with Gasteiger partial charge in [0.15, 0.2) is 0 Å². The molecule has 6 heteroatoms. The largest absolute Gasteiger partial charge is 0.458 e. The second kappa shape index (κ2) is 6.80. The Morgan fingerprint density at radius 1 is 1.12 bits per heavy atom. The molecule has 1 atom stereocenters. The van der Waals surface area contributed by atoms with Crippen LogP contribution in [0.25, 0.3) is 10.8 Å². The summed E-state index contributed by atoms with van der Waals surface area (Å²) in [5.41, 5.74) is 0.735. The number of fused-ring (bicyclic) bond motifs is 1. The lowest BCUT2D eigenvalue weighted by atomic mass is 10.0. The van der Waals surface area contributed by atoms with Gasteiger partial charge in [-0.25, -0.2) is 9.97 Å². The first-order chi connectivity index (χ1) is 12.2. The van der Waals surface area contributed by atoms with Crippen LogP contribution in [-0.2, 0) is 0 Å². The lowest BCUT2D eigenvalue weighted by molar-refractivity contribution is 0.0771. The molecule has 1 amide bonds. The fraction of sp³-hybridized carbons (Fsp3) is 0.211. The minimum Gasteiger partial charge on any atom is -0.458 e. The van der Waals surface area contributed by atoms with Crippen LogP contribution in [-0.4, -0.2) is 40.0 Å². The van der Waals surface area contributed by atoms with Crippen LogP contribution in [0.4, 0.5) is 0 Å². The summed E-state index contributed by atoms with van der Waals surface area (Å²) in [6.07, 6.45) is 3.99. The van der Waals surface area contributed by atoms with E-state index in [0.29, 0.717) is 19.1 Å². The van der Waals surface area contributed by atoms with E-state index in [0.717, 1.165) is 27.2 Å². The molecule has 4 rings (SSSR count). The number of amides is 1.